The van der Waals surface area contributed by atoms with E-state index in [1.807, 2.05) is 0 Å². The Bertz CT molecular complexity index is 173. The van der Waals surface area contributed by atoms with Crippen LogP contribution in [0.5, 0.6) is 0 Å². The Morgan fingerprint density at radius 2 is 2.09 bits per heavy atom. The summed E-state index contributed by atoms with van der Waals surface area (Å²) in [7, 11) is 0. The van der Waals surface area contributed by atoms with Crippen LogP contribution in [0.25, 0.3) is 0 Å². The maximum Gasteiger partial charge on any atom is 0.190 e. The fourth-order valence-corrected chi connectivity index (χ4v) is 1.86. The second-order valence-electron chi connectivity index (χ2n) is 3.03. The fourth-order valence-electron chi connectivity index (χ4n) is 1.27. The molecular weight excluding hydrogens is 206 g/mol. The van der Waals surface area contributed by atoms with Crippen LogP contribution in [0.3, 0.4) is 0 Å². The molecule has 0 aromatic rings. The van der Waals surface area contributed by atoms with Gasteiger partial charge in [0.2, 0.25) is 0 Å². The van der Waals surface area contributed by atoms with Crippen molar-refractivity contribution in [2.75, 3.05) is 0 Å². The highest BCUT2D eigenvalue weighted by atomic mass is 35.6. The van der Waals surface area contributed by atoms with E-state index in [0.29, 0.717) is 12.3 Å². The van der Waals surface area contributed by atoms with Gasteiger partial charge in [-0.25, -0.2) is 0 Å². The summed E-state index contributed by atoms with van der Waals surface area (Å²) in [5.41, 5.74) is 0. The van der Waals surface area contributed by atoms with Crippen molar-refractivity contribution in [3.63, 3.8) is 0 Å². The van der Waals surface area contributed by atoms with Gasteiger partial charge >= 0.3 is 0 Å². The van der Waals surface area contributed by atoms with Crippen LogP contribution in [0.15, 0.2) is 0 Å². The minimum Gasteiger partial charge on any atom is -0.300 e. The quantitative estimate of drug-likeness (QED) is 0.647. The molecule has 0 bridgehead atoms. The summed E-state index contributed by atoms with van der Waals surface area (Å²) in [6, 6.07) is 0. The van der Waals surface area contributed by atoms with Gasteiger partial charge in [-0.05, 0) is 25.7 Å². The van der Waals surface area contributed by atoms with Crippen molar-refractivity contribution in [1.29, 1.82) is 0 Å². The smallest absolute Gasteiger partial charge is 0.190 e. The predicted octanol–water partition coefficient (Wildman–Crippen LogP) is 2.97. The van der Waals surface area contributed by atoms with E-state index in [2.05, 4.69) is 0 Å². The number of ketones is 1. The molecule has 0 amide bonds. The molecule has 0 N–H and O–H groups in total. The Morgan fingerprint density at radius 3 is 2.36 bits per heavy atom. The van der Waals surface area contributed by atoms with Gasteiger partial charge in [-0.15, -0.1) is 0 Å². The second-order valence-corrected chi connectivity index (χ2v) is 5.55. The molecule has 2 unspecified atom stereocenters. The third-order valence-corrected chi connectivity index (χ3v) is 2.40. The van der Waals surface area contributed by atoms with E-state index in [0.717, 1.165) is 6.42 Å². The molecule has 1 nitrogen and oxygen atoms in total. The topological polar surface area (TPSA) is 17.1 Å². The molecule has 0 spiro atoms. The van der Waals surface area contributed by atoms with Crippen molar-refractivity contribution in [1.82, 2.24) is 0 Å². The SMILES string of the molecule is CC(=O)C1CC1CC(Cl)(Cl)Cl. The lowest BCUT2D eigenvalue weighted by atomic mass is 10.2. The molecule has 0 aliphatic heterocycles. The lowest BCUT2D eigenvalue weighted by Crippen LogP contribution is -2.05. The summed E-state index contributed by atoms with van der Waals surface area (Å²) >= 11 is 16.7. The highest BCUT2D eigenvalue weighted by Crippen LogP contribution is 2.48. The average Bonchev–Trinajstić information content (AvgIpc) is 2.40. The standard InChI is InChI=1S/C7H9Cl3O/c1-4(11)6-2-5(6)3-7(8,9)10/h5-6H,2-3H2,1H3. The Balaban J connectivity index is 2.29. The molecule has 1 saturated carbocycles. The minimum atomic E-state index is -1.19. The maximum atomic E-state index is 10.8. The van der Waals surface area contributed by atoms with Crippen LogP contribution in [-0.4, -0.2) is 9.58 Å². The number of halogens is 3. The number of alkyl halides is 3. The fraction of sp³-hybridized carbons (Fsp3) is 0.857. The van der Waals surface area contributed by atoms with Crippen LogP contribution in [0, 0.1) is 11.8 Å². The van der Waals surface area contributed by atoms with E-state index in [1.165, 1.54) is 0 Å². The van der Waals surface area contributed by atoms with Crippen molar-refractivity contribution < 1.29 is 4.79 Å². The minimum absolute atomic E-state index is 0.158. The molecule has 64 valence electrons. The lowest BCUT2D eigenvalue weighted by molar-refractivity contribution is -0.118. The maximum absolute atomic E-state index is 10.8. The highest BCUT2D eigenvalue weighted by molar-refractivity contribution is 6.67. The highest BCUT2D eigenvalue weighted by Gasteiger charge is 2.44. The van der Waals surface area contributed by atoms with Crippen LogP contribution in [0.1, 0.15) is 19.8 Å². The summed E-state index contributed by atoms with van der Waals surface area (Å²) < 4.78 is -1.19. The third-order valence-electron chi connectivity index (χ3n) is 1.94. The lowest BCUT2D eigenvalue weighted by Gasteiger charge is -2.08. The third kappa shape index (κ3) is 3.18. The van der Waals surface area contributed by atoms with Crippen LogP contribution >= 0.6 is 34.8 Å². The van der Waals surface area contributed by atoms with Gasteiger partial charge in [-0.1, -0.05) is 34.8 Å². The van der Waals surface area contributed by atoms with Crippen molar-refractivity contribution in [3.8, 4) is 0 Å². The number of carbonyl (C=O) groups is 1. The van der Waals surface area contributed by atoms with Gasteiger partial charge in [-0.2, -0.15) is 0 Å². The molecule has 11 heavy (non-hydrogen) atoms. The zero-order valence-electron chi connectivity index (χ0n) is 6.11. The van der Waals surface area contributed by atoms with Gasteiger partial charge in [-0.3, -0.25) is 4.79 Å². The van der Waals surface area contributed by atoms with Gasteiger partial charge in [0.05, 0.1) is 0 Å². The Hall–Kier alpha value is 0.540. The predicted molar refractivity (Wildman–Crippen MR) is 47.2 cm³/mol. The van der Waals surface area contributed by atoms with E-state index in [1.54, 1.807) is 6.92 Å². The summed E-state index contributed by atoms with van der Waals surface area (Å²) in [5, 5.41) is 0. The monoisotopic (exact) mass is 214 g/mol. The summed E-state index contributed by atoms with van der Waals surface area (Å²) in [6.45, 7) is 1.59. The first-order valence-corrected chi connectivity index (χ1v) is 4.61. The summed E-state index contributed by atoms with van der Waals surface area (Å²) in [5.74, 6) is 0.676. The van der Waals surface area contributed by atoms with E-state index in [9.17, 15) is 4.79 Å². The van der Waals surface area contributed by atoms with Gasteiger partial charge in [0, 0.05) is 5.92 Å². The first-order valence-electron chi connectivity index (χ1n) is 3.47. The van der Waals surface area contributed by atoms with Crippen molar-refractivity contribution >= 4 is 40.6 Å². The van der Waals surface area contributed by atoms with Gasteiger partial charge in [0.15, 0.2) is 3.79 Å². The van der Waals surface area contributed by atoms with E-state index in [-0.39, 0.29) is 11.7 Å². The number of Topliss-reactive ketones (excluding diaryl/α,β-unsaturated/α-hetero) is 1. The van der Waals surface area contributed by atoms with E-state index in [4.69, 9.17) is 34.8 Å². The van der Waals surface area contributed by atoms with Crippen LogP contribution in [-0.2, 0) is 4.79 Å². The summed E-state index contributed by atoms with van der Waals surface area (Å²) in [4.78, 5) is 10.8. The Kier molecular flexibility index (Phi) is 2.73. The molecule has 0 heterocycles. The van der Waals surface area contributed by atoms with Gasteiger partial charge < -0.3 is 0 Å². The average molecular weight is 216 g/mol. The first-order chi connectivity index (χ1) is 4.90. The normalized spacial score (nSPS) is 30.2. The molecule has 0 aromatic carbocycles. The molecule has 1 aliphatic carbocycles. The van der Waals surface area contributed by atoms with Crippen LogP contribution < -0.4 is 0 Å². The number of hydrogen-bond acceptors (Lipinski definition) is 1. The Labute approximate surface area is 81.0 Å². The zero-order valence-corrected chi connectivity index (χ0v) is 8.38. The molecule has 0 radical (unpaired) electrons. The molecule has 1 rings (SSSR count). The number of rotatable bonds is 2. The first kappa shape index (κ1) is 9.63. The number of carbonyl (C=O) groups excluding carboxylic acids is 1. The van der Waals surface area contributed by atoms with E-state index < -0.39 is 3.79 Å². The van der Waals surface area contributed by atoms with Crippen molar-refractivity contribution in [3.05, 3.63) is 0 Å². The van der Waals surface area contributed by atoms with Crippen molar-refractivity contribution in [2.24, 2.45) is 11.8 Å². The molecular formula is C7H9Cl3O. The van der Waals surface area contributed by atoms with Crippen LogP contribution in [0.2, 0.25) is 0 Å². The largest absolute Gasteiger partial charge is 0.300 e. The van der Waals surface area contributed by atoms with Crippen molar-refractivity contribution in [2.45, 2.75) is 23.6 Å². The molecule has 1 fully saturated rings. The second kappa shape index (κ2) is 3.12. The Morgan fingerprint density at radius 1 is 1.55 bits per heavy atom. The number of hydrogen-bond donors (Lipinski definition) is 0. The molecule has 2 atom stereocenters. The molecule has 0 aromatic heterocycles. The molecule has 1 aliphatic rings. The van der Waals surface area contributed by atoms with Gasteiger partial charge in [0.25, 0.3) is 0 Å². The zero-order chi connectivity index (χ0) is 8.65. The summed E-state index contributed by atoms with van der Waals surface area (Å²) in [6.07, 6.45) is 1.39. The van der Waals surface area contributed by atoms with Crippen LogP contribution in [0.4, 0.5) is 0 Å². The molecule has 0 saturated heterocycles. The van der Waals surface area contributed by atoms with Gasteiger partial charge in [0.1, 0.15) is 5.78 Å². The molecule has 4 heteroatoms. The van der Waals surface area contributed by atoms with E-state index >= 15 is 0 Å².